The van der Waals surface area contributed by atoms with Gasteiger partial charge in [-0.2, -0.15) is 5.26 Å². The SMILES string of the molecule is CCc1onc(-c2c(Cl)cccc2Cl)c1COc1ccc(C2(C#N)CC2c2ccc(C(=O)O)cc2)c(Cl)c1. The Kier molecular flexibility index (Phi) is 7.11. The number of aromatic carboxylic acids is 1. The van der Waals surface area contributed by atoms with E-state index in [4.69, 9.17) is 49.2 Å². The monoisotopic (exact) mass is 566 g/mol. The van der Waals surface area contributed by atoms with Crippen molar-refractivity contribution in [2.75, 3.05) is 0 Å². The number of carboxylic acids is 1. The first-order chi connectivity index (χ1) is 18.3. The summed E-state index contributed by atoms with van der Waals surface area (Å²) >= 11 is 19.5. The molecular formula is C29H21Cl3N2O4. The molecule has 5 rings (SSSR count). The summed E-state index contributed by atoms with van der Waals surface area (Å²) < 4.78 is 11.6. The summed E-state index contributed by atoms with van der Waals surface area (Å²) in [4.78, 5) is 11.2. The highest BCUT2D eigenvalue weighted by molar-refractivity contribution is 6.39. The second-order valence-electron chi connectivity index (χ2n) is 9.08. The summed E-state index contributed by atoms with van der Waals surface area (Å²) in [5.74, 6) is 0.120. The van der Waals surface area contributed by atoms with Crippen LogP contribution in [0.25, 0.3) is 11.3 Å². The molecule has 1 aromatic heterocycles. The van der Waals surface area contributed by atoms with Crippen molar-refractivity contribution in [3.8, 4) is 23.1 Å². The van der Waals surface area contributed by atoms with Crippen LogP contribution in [0.15, 0.2) is 65.2 Å². The van der Waals surface area contributed by atoms with Crippen molar-refractivity contribution in [2.24, 2.45) is 0 Å². The molecule has 0 aliphatic heterocycles. The van der Waals surface area contributed by atoms with Gasteiger partial charge < -0.3 is 14.4 Å². The molecule has 192 valence electrons. The number of rotatable bonds is 8. The molecule has 2 unspecified atom stereocenters. The summed E-state index contributed by atoms with van der Waals surface area (Å²) in [5, 5.41) is 24.8. The number of nitriles is 1. The topological polar surface area (TPSA) is 96.4 Å². The molecule has 38 heavy (non-hydrogen) atoms. The van der Waals surface area contributed by atoms with E-state index in [-0.39, 0.29) is 18.1 Å². The Morgan fingerprint density at radius 3 is 2.45 bits per heavy atom. The van der Waals surface area contributed by atoms with E-state index in [0.717, 1.165) is 11.1 Å². The molecule has 1 saturated carbocycles. The third-order valence-corrected chi connectivity index (χ3v) is 7.86. The van der Waals surface area contributed by atoms with E-state index in [0.29, 0.717) is 56.2 Å². The Morgan fingerprint density at radius 1 is 1.13 bits per heavy atom. The number of ether oxygens (including phenoxy) is 1. The number of halogens is 3. The van der Waals surface area contributed by atoms with E-state index in [2.05, 4.69) is 11.2 Å². The third-order valence-electron chi connectivity index (χ3n) is 6.91. The molecular weight excluding hydrogens is 547 g/mol. The number of aromatic nitrogens is 1. The fraction of sp³-hybridized carbons (Fsp3) is 0.207. The van der Waals surface area contributed by atoms with Gasteiger partial charge >= 0.3 is 5.97 Å². The fourth-order valence-electron chi connectivity index (χ4n) is 4.80. The minimum atomic E-state index is -0.989. The van der Waals surface area contributed by atoms with E-state index in [1.807, 2.05) is 13.0 Å². The maximum absolute atomic E-state index is 11.2. The van der Waals surface area contributed by atoms with Crippen LogP contribution in [0.3, 0.4) is 0 Å². The number of hydrogen-bond donors (Lipinski definition) is 1. The van der Waals surface area contributed by atoms with Crippen LogP contribution in [0.2, 0.25) is 15.1 Å². The quantitative estimate of drug-likeness (QED) is 0.231. The fourth-order valence-corrected chi connectivity index (χ4v) is 5.71. The molecule has 1 aliphatic rings. The number of aryl methyl sites for hydroxylation is 1. The minimum Gasteiger partial charge on any atom is -0.489 e. The number of carbonyl (C=O) groups is 1. The molecule has 0 bridgehead atoms. The van der Waals surface area contributed by atoms with Gasteiger partial charge in [0.25, 0.3) is 0 Å². The van der Waals surface area contributed by atoms with Gasteiger partial charge in [0.05, 0.1) is 32.7 Å². The Balaban J connectivity index is 1.37. The Hall–Kier alpha value is -3.50. The third kappa shape index (κ3) is 4.63. The van der Waals surface area contributed by atoms with Crippen molar-refractivity contribution >= 4 is 40.8 Å². The molecule has 9 heteroatoms. The lowest BCUT2D eigenvalue weighted by molar-refractivity contribution is 0.0697. The van der Waals surface area contributed by atoms with Gasteiger partial charge in [0.15, 0.2) is 0 Å². The van der Waals surface area contributed by atoms with E-state index >= 15 is 0 Å². The summed E-state index contributed by atoms with van der Waals surface area (Å²) in [7, 11) is 0. The van der Waals surface area contributed by atoms with Crippen molar-refractivity contribution < 1.29 is 19.2 Å². The average Bonchev–Trinajstić information content (AvgIpc) is 3.52. The van der Waals surface area contributed by atoms with Gasteiger partial charge in [-0.05, 0) is 53.9 Å². The average molecular weight is 568 g/mol. The largest absolute Gasteiger partial charge is 0.489 e. The summed E-state index contributed by atoms with van der Waals surface area (Å²) in [6.07, 6.45) is 1.20. The lowest BCUT2D eigenvalue weighted by atomic mass is 9.91. The lowest BCUT2D eigenvalue weighted by Gasteiger charge is -2.14. The van der Waals surface area contributed by atoms with Crippen molar-refractivity contribution in [3.05, 3.63) is 104 Å². The maximum Gasteiger partial charge on any atom is 0.335 e. The summed E-state index contributed by atoms with van der Waals surface area (Å²) in [6, 6.07) is 19.6. The van der Waals surface area contributed by atoms with Gasteiger partial charge in [-0.25, -0.2) is 4.79 Å². The van der Waals surface area contributed by atoms with Crippen molar-refractivity contribution in [1.82, 2.24) is 5.16 Å². The highest BCUT2D eigenvalue weighted by Gasteiger charge is 2.57. The second-order valence-corrected chi connectivity index (χ2v) is 10.3. The van der Waals surface area contributed by atoms with Crippen LogP contribution in [-0.2, 0) is 18.4 Å². The van der Waals surface area contributed by atoms with Gasteiger partial charge in [0.2, 0.25) is 0 Å². The van der Waals surface area contributed by atoms with Gasteiger partial charge in [-0.3, -0.25) is 0 Å². The molecule has 1 fully saturated rings. The molecule has 3 aromatic carbocycles. The van der Waals surface area contributed by atoms with Gasteiger partial charge in [0.1, 0.15) is 23.8 Å². The van der Waals surface area contributed by atoms with Crippen LogP contribution >= 0.6 is 34.8 Å². The van der Waals surface area contributed by atoms with Gasteiger partial charge in [-0.1, -0.05) is 71.1 Å². The molecule has 0 spiro atoms. The molecule has 1 N–H and O–H groups in total. The molecule has 0 amide bonds. The first kappa shape index (κ1) is 26.1. The lowest BCUT2D eigenvalue weighted by Crippen LogP contribution is -2.08. The number of carboxylic acid groups (broad SMARTS) is 1. The zero-order chi connectivity index (χ0) is 27.0. The van der Waals surface area contributed by atoms with E-state index < -0.39 is 11.4 Å². The predicted octanol–water partition coefficient (Wildman–Crippen LogP) is 8.09. The molecule has 2 atom stereocenters. The van der Waals surface area contributed by atoms with Crippen molar-refractivity contribution in [3.63, 3.8) is 0 Å². The Bertz CT molecular complexity index is 1560. The summed E-state index contributed by atoms with van der Waals surface area (Å²) in [5.41, 5.74) is 2.89. The van der Waals surface area contributed by atoms with Crippen LogP contribution in [0.5, 0.6) is 5.75 Å². The zero-order valence-corrected chi connectivity index (χ0v) is 22.4. The van der Waals surface area contributed by atoms with Crippen LogP contribution in [0.4, 0.5) is 0 Å². The zero-order valence-electron chi connectivity index (χ0n) is 20.2. The van der Waals surface area contributed by atoms with E-state index in [1.165, 1.54) is 0 Å². The van der Waals surface area contributed by atoms with Crippen molar-refractivity contribution in [1.29, 1.82) is 5.26 Å². The molecule has 1 aliphatic carbocycles. The molecule has 4 aromatic rings. The van der Waals surface area contributed by atoms with Crippen LogP contribution in [-0.4, -0.2) is 16.2 Å². The van der Waals surface area contributed by atoms with E-state index in [1.54, 1.807) is 54.6 Å². The molecule has 0 saturated heterocycles. The second kappa shape index (κ2) is 10.3. The number of nitrogens with zero attached hydrogens (tertiary/aromatic N) is 2. The molecule has 6 nitrogen and oxygen atoms in total. The summed E-state index contributed by atoms with van der Waals surface area (Å²) in [6.45, 7) is 2.11. The smallest absolute Gasteiger partial charge is 0.335 e. The number of benzene rings is 3. The normalized spacial score (nSPS) is 18.1. The first-order valence-corrected chi connectivity index (χ1v) is 13.0. The van der Waals surface area contributed by atoms with Gasteiger partial charge in [0, 0.05) is 22.9 Å². The van der Waals surface area contributed by atoms with Crippen LogP contribution < -0.4 is 4.74 Å². The molecule has 1 heterocycles. The maximum atomic E-state index is 11.2. The highest BCUT2D eigenvalue weighted by Crippen LogP contribution is 2.61. The van der Waals surface area contributed by atoms with E-state index in [9.17, 15) is 10.1 Å². The predicted molar refractivity (Wildman–Crippen MR) is 145 cm³/mol. The highest BCUT2D eigenvalue weighted by atomic mass is 35.5. The van der Waals surface area contributed by atoms with Crippen LogP contribution in [0, 0.1) is 11.3 Å². The van der Waals surface area contributed by atoms with Crippen LogP contribution in [0.1, 0.15) is 52.1 Å². The van der Waals surface area contributed by atoms with Crippen molar-refractivity contribution in [2.45, 2.75) is 37.7 Å². The minimum absolute atomic E-state index is 0.0772. The number of hydrogen-bond acceptors (Lipinski definition) is 5. The Labute approximate surface area is 234 Å². The Morgan fingerprint density at radius 2 is 1.84 bits per heavy atom. The molecule has 0 radical (unpaired) electrons. The first-order valence-electron chi connectivity index (χ1n) is 11.9. The van der Waals surface area contributed by atoms with Gasteiger partial charge in [-0.15, -0.1) is 0 Å². The standard InChI is InChI=1S/C29H21Cl3N2O4/c1-2-25-19(27(34-38-25)26-22(30)4-3-5-23(26)31)14-37-18-10-11-20(24(32)12-18)29(15-33)13-21(29)16-6-8-17(9-7-16)28(35)36/h3-12,21H,2,13-14H2,1H3,(H,35,36).